The maximum Gasteiger partial charge on any atom is 0.231 e. The van der Waals surface area contributed by atoms with Crippen molar-refractivity contribution in [3.8, 4) is 17.6 Å². The first-order chi connectivity index (χ1) is 10.3. The monoisotopic (exact) mass is 285 g/mol. The third-order valence-electron chi connectivity index (χ3n) is 3.15. The van der Waals surface area contributed by atoms with E-state index in [1.54, 1.807) is 12.1 Å². The first-order valence-electron chi connectivity index (χ1n) is 6.41. The quantitative estimate of drug-likeness (QED) is 0.866. The molecule has 2 aromatic rings. The van der Waals surface area contributed by atoms with Gasteiger partial charge in [0.1, 0.15) is 5.82 Å². The minimum absolute atomic E-state index is 0.145. The summed E-state index contributed by atoms with van der Waals surface area (Å²) in [6.45, 7) is 0.720. The van der Waals surface area contributed by atoms with Gasteiger partial charge in [-0.2, -0.15) is 5.26 Å². The van der Waals surface area contributed by atoms with Gasteiger partial charge in [-0.1, -0.05) is 12.1 Å². The van der Waals surface area contributed by atoms with Crippen molar-refractivity contribution in [2.45, 2.75) is 13.2 Å². The third-order valence-corrected chi connectivity index (χ3v) is 3.15. The van der Waals surface area contributed by atoms with Crippen molar-refractivity contribution < 1.29 is 18.6 Å². The fraction of sp³-hybridized carbons (Fsp3) is 0.188. The maximum atomic E-state index is 13.7. The SMILES string of the molecule is N#Cc1ccc(COCc2ccc3c(c2)OCO3)c(F)c1. The summed E-state index contributed by atoms with van der Waals surface area (Å²) < 4.78 is 29.7. The molecule has 5 heteroatoms. The second-order valence-corrected chi connectivity index (χ2v) is 4.60. The number of hydrogen-bond acceptors (Lipinski definition) is 4. The Morgan fingerprint density at radius 1 is 1.10 bits per heavy atom. The Morgan fingerprint density at radius 3 is 2.76 bits per heavy atom. The van der Waals surface area contributed by atoms with Gasteiger partial charge in [-0.25, -0.2) is 4.39 Å². The first kappa shape index (κ1) is 13.4. The Labute approximate surface area is 121 Å². The summed E-state index contributed by atoms with van der Waals surface area (Å²) >= 11 is 0. The van der Waals surface area contributed by atoms with Crippen LogP contribution in [0.3, 0.4) is 0 Å². The number of rotatable bonds is 4. The minimum atomic E-state index is -0.431. The second-order valence-electron chi connectivity index (χ2n) is 4.60. The van der Waals surface area contributed by atoms with Crippen LogP contribution in [-0.4, -0.2) is 6.79 Å². The smallest absolute Gasteiger partial charge is 0.231 e. The van der Waals surface area contributed by atoms with Crippen LogP contribution in [0.2, 0.25) is 0 Å². The van der Waals surface area contributed by atoms with Gasteiger partial charge in [0, 0.05) is 5.56 Å². The highest BCUT2D eigenvalue weighted by atomic mass is 19.1. The van der Waals surface area contributed by atoms with Crippen LogP contribution in [0.1, 0.15) is 16.7 Å². The zero-order valence-electron chi connectivity index (χ0n) is 11.1. The molecule has 21 heavy (non-hydrogen) atoms. The molecular weight excluding hydrogens is 273 g/mol. The van der Waals surface area contributed by atoms with E-state index in [4.69, 9.17) is 19.5 Å². The van der Waals surface area contributed by atoms with Gasteiger partial charge in [0.25, 0.3) is 0 Å². The molecule has 0 radical (unpaired) electrons. The van der Waals surface area contributed by atoms with Crippen LogP contribution in [0.25, 0.3) is 0 Å². The first-order valence-corrected chi connectivity index (χ1v) is 6.41. The van der Waals surface area contributed by atoms with Crippen LogP contribution in [0.4, 0.5) is 4.39 Å². The molecule has 0 amide bonds. The Hall–Kier alpha value is -2.58. The molecule has 0 spiro atoms. The lowest BCUT2D eigenvalue weighted by molar-refractivity contribution is 0.104. The molecule has 0 fully saturated rings. The highest BCUT2D eigenvalue weighted by Crippen LogP contribution is 2.32. The van der Waals surface area contributed by atoms with Crippen LogP contribution < -0.4 is 9.47 Å². The largest absolute Gasteiger partial charge is 0.454 e. The van der Waals surface area contributed by atoms with Gasteiger partial charge in [-0.05, 0) is 29.8 Å². The summed E-state index contributed by atoms with van der Waals surface area (Å²) in [5.74, 6) is 0.984. The van der Waals surface area contributed by atoms with Crippen LogP contribution in [-0.2, 0) is 18.0 Å². The summed E-state index contributed by atoms with van der Waals surface area (Å²) in [5, 5.41) is 8.68. The molecule has 0 saturated carbocycles. The van der Waals surface area contributed by atoms with Gasteiger partial charge in [0.2, 0.25) is 6.79 Å². The fourth-order valence-electron chi connectivity index (χ4n) is 2.04. The Kier molecular flexibility index (Phi) is 3.71. The number of benzene rings is 2. The van der Waals surface area contributed by atoms with E-state index >= 15 is 0 Å². The molecule has 0 bridgehead atoms. The van der Waals surface area contributed by atoms with E-state index in [0.717, 1.165) is 11.3 Å². The fourth-order valence-corrected chi connectivity index (χ4v) is 2.04. The Balaban J connectivity index is 1.60. The molecule has 0 aliphatic carbocycles. The molecule has 3 rings (SSSR count). The highest BCUT2D eigenvalue weighted by molar-refractivity contribution is 5.44. The van der Waals surface area contributed by atoms with Crippen molar-refractivity contribution in [1.82, 2.24) is 0 Å². The van der Waals surface area contributed by atoms with E-state index in [1.165, 1.54) is 6.07 Å². The number of fused-ring (bicyclic) bond motifs is 1. The Bertz CT molecular complexity index is 709. The zero-order chi connectivity index (χ0) is 14.7. The van der Waals surface area contributed by atoms with Crippen LogP contribution in [0.15, 0.2) is 36.4 Å². The topological polar surface area (TPSA) is 51.5 Å². The van der Waals surface area contributed by atoms with E-state index in [-0.39, 0.29) is 13.4 Å². The van der Waals surface area contributed by atoms with Crippen molar-refractivity contribution >= 4 is 0 Å². The third kappa shape index (κ3) is 2.96. The predicted octanol–water partition coefficient (Wildman–Crippen LogP) is 3.14. The summed E-state index contributed by atoms with van der Waals surface area (Å²) in [5.41, 5.74) is 1.65. The molecule has 1 aliphatic heterocycles. The van der Waals surface area contributed by atoms with Gasteiger partial charge < -0.3 is 14.2 Å². The van der Waals surface area contributed by atoms with Crippen molar-refractivity contribution in [3.63, 3.8) is 0 Å². The second kappa shape index (κ2) is 5.81. The lowest BCUT2D eigenvalue weighted by atomic mass is 10.1. The summed E-state index contributed by atoms with van der Waals surface area (Å²) in [7, 11) is 0. The van der Waals surface area contributed by atoms with Gasteiger partial charge in [-0.3, -0.25) is 0 Å². The molecule has 0 N–H and O–H groups in total. The summed E-state index contributed by atoms with van der Waals surface area (Å²) in [6, 6.07) is 11.8. The minimum Gasteiger partial charge on any atom is -0.454 e. The van der Waals surface area contributed by atoms with Gasteiger partial charge in [0.15, 0.2) is 11.5 Å². The van der Waals surface area contributed by atoms with Crippen molar-refractivity contribution in [2.75, 3.05) is 6.79 Å². The molecule has 0 saturated heterocycles. The van der Waals surface area contributed by atoms with E-state index in [0.29, 0.717) is 23.5 Å². The van der Waals surface area contributed by atoms with Gasteiger partial charge in [-0.15, -0.1) is 0 Å². The molecule has 0 atom stereocenters. The normalized spacial score (nSPS) is 12.2. The molecule has 106 valence electrons. The molecule has 2 aromatic carbocycles. The van der Waals surface area contributed by atoms with Crippen molar-refractivity contribution in [1.29, 1.82) is 5.26 Å². The standard InChI is InChI=1S/C16H12FNO3/c17-14-5-11(7-18)1-3-13(14)9-19-8-12-2-4-15-16(6-12)21-10-20-15/h1-6H,8-10H2. The molecule has 1 aliphatic rings. The lowest BCUT2D eigenvalue weighted by Gasteiger charge is -2.06. The predicted molar refractivity (Wildman–Crippen MR) is 72.2 cm³/mol. The summed E-state index contributed by atoms with van der Waals surface area (Å²) in [6.07, 6.45) is 0. The number of halogens is 1. The molecule has 0 aromatic heterocycles. The summed E-state index contributed by atoms with van der Waals surface area (Å²) in [4.78, 5) is 0. The maximum absolute atomic E-state index is 13.7. The number of nitriles is 1. The van der Waals surface area contributed by atoms with E-state index in [2.05, 4.69) is 0 Å². The molecule has 0 unspecified atom stereocenters. The zero-order valence-corrected chi connectivity index (χ0v) is 11.1. The van der Waals surface area contributed by atoms with E-state index < -0.39 is 5.82 Å². The number of ether oxygens (including phenoxy) is 3. The molecule has 1 heterocycles. The number of nitrogens with zero attached hydrogens (tertiary/aromatic N) is 1. The van der Waals surface area contributed by atoms with Crippen LogP contribution in [0, 0.1) is 17.1 Å². The lowest BCUT2D eigenvalue weighted by Crippen LogP contribution is -1.97. The van der Waals surface area contributed by atoms with Crippen molar-refractivity contribution in [3.05, 3.63) is 58.9 Å². The van der Waals surface area contributed by atoms with Gasteiger partial charge >= 0.3 is 0 Å². The molecular formula is C16H12FNO3. The van der Waals surface area contributed by atoms with Gasteiger partial charge in [0.05, 0.1) is 24.8 Å². The van der Waals surface area contributed by atoms with E-state index in [1.807, 2.05) is 24.3 Å². The molecule has 4 nitrogen and oxygen atoms in total. The van der Waals surface area contributed by atoms with Crippen molar-refractivity contribution in [2.24, 2.45) is 0 Å². The van der Waals surface area contributed by atoms with Crippen LogP contribution in [0.5, 0.6) is 11.5 Å². The number of hydrogen-bond donors (Lipinski definition) is 0. The Morgan fingerprint density at radius 2 is 1.95 bits per heavy atom. The van der Waals surface area contributed by atoms with Crippen LogP contribution >= 0.6 is 0 Å². The average Bonchev–Trinajstić information content (AvgIpc) is 2.96. The van der Waals surface area contributed by atoms with E-state index in [9.17, 15) is 4.39 Å². The highest BCUT2D eigenvalue weighted by Gasteiger charge is 2.13. The average molecular weight is 285 g/mol.